The molecule has 0 fully saturated rings. The summed E-state index contributed by atoms with van der Waals surface area (Å²) in [5.41, 5.74) is 2.16. The molecule has 0 saturated heterocycles. The third kappa shape index (κ3) is 7.67. The number of hydrogen-bond donors (Lipinski definition) is 2. The first-order valence-electron chi connectivity index (χ1n) is 14.8. The Morgan fingerprint density at radius 2 is 1.69 bits per heavy atom. The zero-order valence-electron chi connectivity index (χ0n) is 25.4. The van der Waals surface area contributed by atoms with Crippen LogP contribution in [0.15, 0.2) is 107 Å². The smallest absolute Gasteiger partial charge is 0.252 e. The van der Waals surface area contributed by atoms with E-state index in [4.69, 9.17) is 29.0 Å². The maximum Gasteiger partial charge on any atom is 0.252 e. The number of halogens is 1. The van der Waals surface area contributed by atoms with Crippen LogP contribution in [0, 0.1) is 0 Å². The fraction of sp³-hybridized carbons (Fsp3) is 0.278. The highest BCUT2D eigenvalue weighted by atomic mass is 79.9. The van der Waals surface area contributed by atoms with Crippen molar-refractivity contribution in [3.63, 3.8) is 0 Å². The van der Waals surface area contributed by atoms with E-state index in [2.05, 4.69) is 21.2 Å². The molecule has 2 N–H and O–H groups in total. The highest BCUT2D eigenvalue weighted by Crippen LogP contribution is 2.42. The van der Waals surface area contributed by atoms with Gasteiger partial charge in [0.1, 0.15) is 17.2 Å². The minimum atomic E-state index is -1.29. The van der Waals surface area contributed by atoms with Crippen LogP contribution in [-0.4, -0.2) is 56.4 Å². The molecule has 4 aromatic carbocycles. The second kappa shape index (κ2) is 15.1. The van der Waals surface area contributed by atoms with Crippen LogP contribution < -0.4 is 19.5 Å². The molecular weight excluding hydrogens is 636 g/mol. The second-order valence-electron chi connectivity index (χ2n) is 10.7. The SMILES string of the molecule is COc1ccc(OC)c(CCNC(=O)[C@]2(Cc3ccc(Br)cc3)N=C(c3ccc(OCCCO)cc3)O[C@@H]2c2ccccc2)c1. The summed E-state index contributed by atoms with van der Waals surface area (Å²) in [4.78, 5) is 19.6. The second-order valence-corrected chi connectivity index (χ2v) is 11.6. The van der Waals surface area contributed by atoms with Gasteiger partial charge in [0.15, 0.2) is 11.6 Å². The van der Waals surface area contributed by atoms with Gasteiger partial charge in [-0.2, -0.15) is 0 Å². The molecule has 45 heavy (non-hydrogen) atoms. The van der Waals surface area contributed by atoms with Crippen LogP contribution in [0.4, 0.5) is 0 Å². The Hall–Kier alpha value is -4.34. The van der Waals surface area contributed by atoms with Crippen LogP contribution in [0.2, 0.25) is 0 Å². The standard InChI is InChI=1S/C36H37BrN2O6/c1-42-31-17-18-32(43-2)28(23-31)19-20-38-35(41)36(24-25-9-13-29(37)14-10-25)33(26-7-4-3-5-8-26)45-34(39-36)27-11-15-30(16-12-27)44-22-6-21-40/h3-5,7-18,23,33,40H,6,19-22,24H2,1-2H3,(H,38,41)/t33-,36-/m1/s1. The number of rotatable bonds is 14. The van der Waals surface area contributed by atoms with Crippen LogP contribution in [0.25, 0.3) is 0 Å². The van der Waals surface area contributed by atoms with Gasteiger partial charge in [-0.15, -0.1) is 0 Å². The molecule has 0 aromatic heterocycles. The number of benzene rings is 4. The quantitative estimate of drug-likeness (QED) is 0.158. The summed E-state index contributed by atoms with van der Waals surface area (Å²) in [7, 11) is 3.25. The molecule has 2 atom stereocenters. The first-order chi connectivity index (χ1) is 22.0. The molecule has 0 radical (unpaired) electrons. The molecule has 8 nitrogen and oxygen atoms in total. The molecule has 234 valence electrons. The molecule has 1 aliphatic rings. The number of amides is 1. The molecule has 0 bridgehead atoms. The average Bonchev–Trinajstić information content (AvgIpc) is 3.47. The normalized spacial score (nSPS) is 17.2. The van der Waals surface area contributed by atoms with Gasteiger partial charge in [-0.3, -0.25) is 4.79 Å². The average molecular weight is 674 g/mol. The fourth-order valence-corrected chi connectivity index (χ4v) is 5.63. The molecule has 9 heteroatoms. The van der Waals surface area contributed by atoms with Gasteiger partial charge in [0.2, 0.25) is 5.90 Å². The number of aliphatic hydroxyl groups excluding tert-OH is 1. The zero-order chi connectivity index (χ0) is 31.6. The van der Waals surface area contributed by atoms with Crippen molar-refractivity contribution >= 4 is 27.7 Å². The molecule has 0 unspecified atom stereocenters. The van der Waals surface area contributed by atoms with Crippen molar-refractivity contribution in [3.8, 4) is 17.2 Å². The Morgan fingerprint density at radius 1 is 0.956 bits per heavy atom. The van der Waals surface area contributed by atoms with E-state index in [9.17, 15) is 4.79 Å². The maximum atomic E-state index is 14.5. The van der Waals surface area contributed by atoms with E-state index in [1.807, 2.05) is 97.1 Å². The monoisotopic (exact) mass is 672 g/mol. The van der Waals surface area contributed by atoms with Crippen LogP contribution in [0.3, 0.4) is 0 Å². The predicted molar refractivity (Wildman–Crippen MR) is 177 cm³/mol. The number of nitrogens with one attached hydrogen (secondary N) is 1. The van der Waals surface area contributed by atoms with Gasteiger partial charge < -0.3 is 29.4 Å². The predicted octanol–water partition coefficient (Wildman–Crippen LogP) is 6.09. The Bertz CT molecular complexity index is 1590. The molecule has 1 heterocycles. The lowest BCUT2D eigenvalue weighted by molar-refractivity contribution is -0.128. The minimum Gasteiger partial charge on any atom is -0.497 e. The van der Waals surface area contributed by atoms with Gasteiger partial charge in [-0.25, -0.2) is 4.99 Å². The van der Waals surface area contributed by atoms with E-state index in [0.29, 0.717) is 44.1 Å². The van der Waals surface area contributed by atoms with Gasteiger partial charge in [0.05, 0.1) is 20.8 Å². The van der Waals surface area contributed by atoms with Crippen molar-refractivity contribution in [3.05, 3.63) is 124 Å². The molecule has 4 aromatic rings. The van der Waals surface area contributed by atoms with Crippen molar-refractivity contribution < 1.29 is 28.8 Å². The number of ether oxygens (including phenoxy) is 4. The molecule has 0 saturated carbocycles. The topological polar surface area (TPSA) is 98.6 Å². The van der Waals surface area contributed by atoms with Crippen molar-refractivity contribution in [1.82, 2.24) is 5.32 Å². The number of methoxy groups -OCH3 is 2. The largest absolute Gasteiger partial charge is 0.497 e. The Balaban J connectivity index is 1.49. The molecule has 0 aliphatic carbocycles. The van der Waals surface area contributed by atoms with E-state index in [1.165, 1.54) is 0 Å². The van der Waals surface area contributed by atoms with E-state index in [0.717, 1.165) is 38.2 Å². The number of hydrogen-bond acceptors (Lipinski definition) is 7. The molecule has 1 aliphatic heterocycles. The maximum absolute atomic E-state index is 14.5. The van der Waals surface area contributed by atoms with Gasteiger partial charge in [0, 0.05) is 36.0 Å². The van der Waals surface area contributed by atoms with Crippen molar-refractivity contribution in [2.24, 2.45) is 4.99 Å². The Kier molecular flexibility index (Phi) is 10.8. The van der Waals surface area contributed by atoms with E-state index >= 15 is 0 Å². The van der Waals surface area contributed by atoms with E-state index in [-0.39, 0.29) is 12.5 Å². The van der Waals surface area contributed by atoms with Crippen molar-refractivity contribution in [1.29, 1.82) is 0 Å². The summed E-state index contributed by atoms with van der Waals surface area (Å²) < 4.78 is 24.2. The van der Waals surface area contributed by atoms with Crippen molar-refractivity contribution in [2.45, 2.75) is 30.9 Å². The molecule has 1 amide bonds. The summed E-state index contributed by atoms with van der Waals surface area (Å²) in [6, 6.07) is 30.7. The van der Waals surface area contributed by atoms with Crippen LogP contribution in [0.1, 0.15) is 34.8 Å². The number of nitrogens with zero attached hydrogens (tertiary/aromatic N) is 1. The number of aliphatic hydroxyl groups is 1. The zero-order valence-corrected chi connectivity index (χ0v) is 27.0. The lowest BCUT2D eigenvalue weighted by Gasteiger charge is -2.31. The van der Waals surface area contributed by atoms with Crippen molar-refractivity contribution in [2.75, 3.05) is 34.0 Å². The minimum absolute atomic E-state index is 0.0687. The van der Waals surface area contributed by atoms with E-state index in [1.54, 1.807) is 14.2 Å². The lowest BCUT2D eigenvalue weighted by atomic mass is 9.82. The van der Waals surface area contributed by atoms with Crippen LogP contribution in [-0.2, 0) is 22.4 Å². The first-order valence-corrected chi connectivity index (χ1v) is 15.6. The molecule has 5 rings (SSSR count). The van der Waals surface area contributed by atoms with Gasteiger partial charge in [0.25, 0.3) is 5.91 Å². The molecular formula is C36H37BrN2O6. The Morgan fingerprint density at radius 3 is 2.38 bits per heavy atom. The van der Waals surface area contributed by atoms with Gasteiger partial charge >= 0.3 is 0 Å². The number of carbonyl (C=O) groups excluding carboxylic acids is 1. The summed E-state index contributed by atoms with van der Waals surface area (Å²) in [5, 5.41) is 12.2. The highest BCUT2D eigenvalue weighted by Gasteiger charge is 2.53. The fourth-order valence-electron chi connectivity index (χ4n) is 5.36. The Labute approximate surface area is 272 Å². The number of aliphatic imine (C=N–C) groups is 1. The summed E-state index contributed by atoms with van der Waals surface area (Å²) >= 11 is 3.52. The number of carbonyl (C=O) groups is 1. The van der Waals surface area contributed by atoms with Gasteiger partial charge in [-0.05, 0) is 77.7 Å². The van der Waals surface area contributed by atoms with Crippen LogP contribution >= 0.6 is 15.9 Å². The summed E-state index contributed by atoms with van der Waals surface area (Å²) in [6.45, 7) is 0.845. The molecule has 0 spiro atoms. The lowest BCUT2D eigenvalue weighted by Crippen LogP contribution is -2.50. The first kappa shape index (κ1) is 32.1. The highest BCUT2D eigenvalue weighted by molar-refractivity contribution is 9.10. The third-order valence-electron chi connectivity index (χ3n) is 7.69. The summed E-state index contributed by atoms with van der Waals surface area (Å²) in [5.74, 6) is 2.27. The van der Waals surface area contributed by atoms with E-state index < -0.39 is 11.6 Å². The third-order valence-corrected chi connectivity index (χ3v) is 8.22. The van der Waals surface area contributed by atoms with Crippen LogP contribution in [0.5, 0.6) is 17.2 Å². The van der Waals surface area contributed by atoms with Gasteiger partial charge in [-0.1, -0.05) is 58.4 Å². The summed E-state index contributed by atoms with van der Waals surface area (Å²) in [6.07, 6.45) is 0.726.